The molecule has 0 radical (unpaired) electrons. The van der Waals surface area contributed by atoms with Crippen molar-refractivity contribution in [3.8, 4) is 17.2 Å². The number of carbonyl (C=O) groups is 1. The van der Waals surface area contributed by atoms with Crippen molar-refractivity contribution in [2.24, 2.45) is 0 Å². The van der Waals surface area contributed by atoms with Crippen molar-refractivity contribution in [3.05, 3.63) is 66.0 Å². The standard InChI is InChI=1S/C22H24N2O5/c1-15(2)28-19(22(25)26)14-16-8-10-18(11-9-16)27-13-12-20-23-21(29-24-20)17-6-4-3-5-7-17/h3-11,15,19H,12-14H2,1-2H3,(H,25,26). The molecule has 1 unspecified atom stereocenters. The van der Waals surface area contributed by atoms with E-state index < -0.39 is 12.1 Å². The van der Waals surface area contributed by atoms with E-state index in [1.807, 2.05) is 68.4 Å². The highest BCUT2D eigenvalue weighted by molar-refractivity contribution is 5.72. The van der Waals surface area contributed by atoms with Gasteiger partial charge in [-0.15, -0.1) is 0 Å². The fraction of sp³-hybridized carbons (Fsp3) is 0.318. The van der Waals surface area contributed by atoms with Gasteiger partial charge < -0.3 is 19.1 Å². The van der Waals surface area contributed by atoms with E-state index >= 15 is 0 Å². The molecule has 0 spiro atoms. The van der Waals surface area contributed by atoms with E-state index in [9.17, 15) is 9.90 Å². The summed E-state index contributed by atoms with van der Waals surface area (Å²) in [5.74, 6) is 0.795. The highest BCUT2D eigenvalue weighted by Crippen LogP contribution is 2.17. The van der Waals surface area contributed by atoms with Gasteiger partial charge in [-0.25, -0.2) is 4.79 Å². The van der Waals surface area contributed by atoms with Gasteiger partial charge in [0.1, 0.15) is 5.75 Å². The molecule has 1 N–H and O–H groups in total. The molecule has 1 aromatic heterocycles. The first-order valence-electron chi connectivity index (χ1n) is 9.49. The minimum atomic E-state index is -0.964. The summed E-state index contributed by atoms with van der Waals surface area (Å²) in [6, 6.07) is 16.9. The summed E-state index contributed by atoms with van der Waals surface area (Å²) in [4.78, 5) is 15.7. The number of ether oxygens (including phenoxy) is 2. The smallest absolute Gasteiger partial charge is 0.333 e. The van der Waals surface area contributed by atoms with E-state index in [-0.39, 0.29) is 6.10 Å². The lowest BCUT2D eigenvalue weighted by molar-refractivity contribution is -0.153. The van der Waals surface area contributed by atoms with E-state index in [1.54, 1.807) is 0 Å². The van der Waals surface area contributed by atoms with Crippen LogP contribution in [0.3, 0.4) is 0 Å². The summed E-state index contributed by atoms with van der Waals surface area (Å²) in [7, 11) is 0. The minimum absolute atomic E-state index is 0.147. The quantitative estimate of drug-likeness (QED) is 0.557. The van der Waals surface area contributed by atoms with Crippen LogP contribution in [0, 0.1) is 0 Å². The molecular formula is C22H24N2O5. The van der Waals surface area contributed by atoms with Crippen molar-refractivity contribution in [2.75, 3.05) is 6.61 Å². The van der Waals surface area contributed by atoms with Crippen molar-refractivity contribution in [1.29, 1.82) is 0 Å². The van der Waals surface area contributed by atoms with Gasteiger partial charge in [0.05, 0.1) is 12.7 Å². The van der Waals surface area contributed by atoms with Crippen LogP contribution < -0.4 is 4.74 Å². The molecule has 3 rings (SSSR count). The van der Waals surface area contributed by atoms with Gasteiger partial charge in [-0.05, 0) is 43.7 Å². The molecule has 0 saturated heterocycles. The van der Waals surface area contributed by atoms with Crippen LogP contribution in [0.5, 0.6) is 5.75 Å². The third-order valence-corrected chi connectivity index (χ3v) is 4.14. The highest BCUT2D eigenvalue weighted by atomic mass is 16.5. The maximum absolute atomic E-state index is 11.3. The van der Waals surface area contributed by atoms with Crippen molar-refractivity contribution >= 4 is 5.97 Å². The first-order valence-corrected chi connectivity index (χ1v) is 9.49. The molecule has 0 bridgehead atoms. The summed E-state index contributed by atoms with van der Waals surface area (Å²) in [5, 5.41) is 13.2. The van der Waals surface area contributed by atoms with Crippen LogP contribution in [-0.2, 0) is 22.4 Å². The summed E-state index contributed by atoms with van der Waals surface area (Å²) in [6.07, 6.45) is -0.189. The number of rotatable bonds is 10. The molecule has 0 amide bonds. The molecule has 0 saturated carbocycles. The Kier molecular flexibility index (Phi) is 6.97. The van der Waals surface area contributed by atoms with Crippen LogP contribution in [0.4, 0.5) is 0 Å². The molecule has 0 aliphatic rings. The Morgan fingerprint density at radius 2 is 1.83 bits per heavy atom. The molecule has 152 valence electrons. The number of aromatic nitrogens is 2. The molecule has 7 heteroatoms. The van der Waals surface area contributed by atoms with Gasteiger partial charge in [0.15, 0.2) is 11.9 Å². The number of nitrogens with zero attached hydrogens (tertiary/aromatic N) is 2. The molecule has 29 heavy (non-hydrogen) atoms. The van der Waals surface area contributed by atoms with Crippen molar-refractivity contribution < 1.29 is 23.9 Å². The van der Waals surface area contributed by atoms with Crippen LogP contribution in [0.2, 0.25) is 0 Å². The molecule has 2 aromatic carbocycles. The fourth-order valence-electron chi connectivity index (χ4n) is 2.77. The first-order chi connectivity index (χ1) is 14.0. The lowest BCUT2D eigenvalue weighted by atomic mass is 10.1. The summed E-state index contributed by atoms with van der Waals surface area (Å²) >= 11 is 0. The van der Waals surface area contributed by atoms with E-state index in [0.29, 0.717) is 36.9 Å². The Hall–Kier alpha value is -3.19. The SMILES string of the molecule is CC(C)OC(Cc1ccc(OCCc2noc(-c3ccccc3)n2)cc1)C(=O)O. The second-order valence-corrected chi connectivity index (χ2v) is 6.84. The van der Waals surface area contributed by atoms with E-state index in [0.717, 1.165) is 11.1 Å². The average Bonchev–Trinajstić information content (AvgIpc) is 3.18. The molecule has 0 aliphatic carbocycles. The van der Waals surface area contributed by atoms with Gasteiger partial charge in [0.25, 0.3) is 5.89 Å². The fourth-order valence-corrected chi connectivity index (χ4v) is 2.77. The van der Waals surface area contributed by atoms with Gasteiger partial charge in [-0.1, -0.05) is 35.5 Å². The Morgan fingerprint density at radius 1 is 1.10 bits per heavy atom. The second kappa shape index (κ2) is 9.84. The van der Waals surface area contributed by atoms with E-state index in [2.05, 4.69) is 10.1 Å². The largest absolute Gasteiger partial charge is 0.493 e. The lowest BCUT2D eigenvalue weighted by Gasteiger charge is -2.16. The topological polar surface area (TPSA) is 94.7 Å². The maximum atomic E-state index is 11.3. The number of hydrogen-bond acceptors (Lipinski definition) is 6. The Labute approximate surface area is 169 Å². The highest BCUT2D eigenvalue weighted by Gasteiger charge is 2.20. The van der Waals surface area contributed by atoms with Crippen LogP contribution in [-0.4, -0.2) is 40.0 Å². The van der Waals surface area contributed by atoms with Crippen LogP contribution in [0.15, 0.2) is 59.1 Å². The number of benzene rings is 2. The normalized spacial score (nSPS) is 12.1. The van der Waals surface area contributed by atoms with Crippen LogP contribution in [0.25, 0.3) is 11.5 Å². The van der Waals surface area contributed by atoms with Gasteiger partial charge in [0.2, 0.25) is 0 Å². The zero-order valence-electron chi connectivity index (χ0n) is 16.4. The van der Waals surface area contributed by atoms with Gasteiger partial charge in [0, 0.05) is 18.4 Å². The van der Waals surface area contributed by atoms with Crippen molar-refractivity contribution in [2.45, 2.75) is 38.9 Å². The molecule has 1 atom stereocenters. The van der Waals surface area contributed by atoms with E-state index in [4.69, 9.17) is 14.0 Å². The van der Waals surface area contributed by atoms with Crippen LogP contribution in [0.1, 0.15) is 25.2 Å². The Bertz CT molecular complexity index is 906. The third kappa shape index (κ3) is 6.15. The number of carboxylic acid groups (broad SMARTS) is 1. The minimum Gasteiger partial charge on any atom is -0.493 e. The predicted molar refractivity (Wildman–Crippen MR) is 107 cm³/mol. The number of aliphatic carboxylic acids is 1. The summed E-state index contributed by atoms with van der Waals surface area (Å²) < 4.78 is 16.4. The van der Waals surface area contributed by atoms with Crippen LogP contribution >= 0.6 is 0 Å². The Morgan fingerprint density at radius 3 is 2.48 bits per heavy atom. The second-order valence-electron chi connectivity index (χ2n) is 6.84. The maximum Gasteiger partial charge on any atom is 0.333 e. The number of carboxylic acids is 1. The molecular weight excluding hydrogens is 372 g/mol. The summed E-state index contributed by atoms with van der Waals surface area (Å²) in [5.41, 5.74) is 1.75. The monoisotopic (exact) mass is 396 g/mol. The summed E-state index contributed by atoms with van der Waals surface area (Å²) in [6.45, 7) is 4.04. The molecule has 0 aliphatic heterocycles. The molecule has 3 aromatic rings. The zero-order chi connectivity index (χ0) is 20.6. The zero-order valence-corrected chi connectivity index (χ0v) is 16.4. The predicted octanol–water partition coefficient (Wildman–Crippen LogP) is 3.78. The van der Waals surface area contributed by atoms with Crippen molar-refractivity contribution in [1.82, 2.24) is 10.1 Å². The molecule has 1 heterocycles. The van der Waals surface area contributed by atoms with Crippen molar-refractivity contribution in [3.63, 3.8) is 0 Å². The number of hydrogen-bond donors (Lipinski definition) is 1. The molecule has 0 fully saturated rings. The van der Waals surface area contributed by atoms with Gasteiger partial charge >= 0.3 is 5.97 Å². The third-order valence-electron chi connectivity index (χ3n) is 4.14. The lowest BCUT2D eigenvalue weighted by Crippen LogP contribution is -2.29. The average molecular weight is 396 g/mol. The Balaban J connectivity index is 1.49. The molecule has 7 nitrogen and oxygen atoms in total. The first kappa shape index (κ1) is 20.5. The van der Waals surface area contributed by atoms with Gasteiger partial charge in [-0.3, -0.25) is 0 Å². The van der Waals surface area contributed by atoms with E-state index in [1.165, 1.54) is 0 Å². The van der Waals surface area contributed by atoms with Gasteiger partial charge in [-0.2, -0.15) is 4.98 Å².